The van der Waals surface area contributed by atoms with Crippen molar-refractivity contribution in [2.24, 2.45) is 0 Å². The van der Waals surface area contributed by atoms with E-state index in [-0.39, 0.29) is 16.6 Å². The standard InChI is InChI=1S/C54H47N3O/c1-53(2,3)40-29-38(30-41(34-40)54(4,5)6)39-32-47(56-48(33-39)44-20-11-13-25-51(44)58)37-17-14-16-36(28-37)46-31-35(26-27-55-46)43-22-15-24-50-52(43)45-21-10-12-23-49(45)57(50)42-18-8-7-9-19-42/h7-34,58H,1-6H3. The average molecular weight is 754 g/mol. The number of phenols is 1. The van der Waals surface area contributed by atoms with Crippen molar-refractivity contribution < 1.29 is 5.11 Å². The topological polar surface area (TPSA) is 50.9 Å². The lowest BCUT2D eigenvalue weighted by molar-refractivity contribution is 0.477. The Morgan fingerprint density at radius 2 is 1.03 bits per heavy atom. The van der Waals surface area contributed by atoms with Crippen LogP contribution in [0, 0.1) is 0 Å². The lowest BCUT2D eigenvalue weighted by Crippen LogP contribution is -2.16. The van der Waals surface area contributed by atoms with E-state index in [0.29, 0.717) is 5.56 Å². The van der Waals surface area contributed by atoms with Crippen LogP contribution in [0.15, 0.2) is 170 Å². The van der Waals surface area contributed by atoms with E-state index in [1.807, 2.05) is 24.4 Å². The van der Waals surface area contributed by atoms with Crippen LogP contribution in [0.25, 0.3) is 83.5 Å². The van der Waals surface area contributed by atoms with Crippen molar-refractivity contribution in [2.45, 2.75) is 52.4 Å². The molecule has 1 N–H and O–H groups in total. The van der Waals surface area contributed by atoms with Gasteiger partial charge in [-0.2, -0.15) is 0 Å². The Morgan fingerprint density at radius 1 is 0.448 bits per heavy atom. The number of fused-ring (bicyclic) bond motifs is 3. The van der Waals surface area contributed by atoms with E-state index in [4.69, 9.17) is 9.97 Å². The molecule has 9 rings (SSSR count). The molecule has 0 fully saturated rings. The van der Waals surface area contributed by atoms with E-state index in [9.17, 15) is 5.11 Å². The SMILES string of the molecule is CC(C)(C)c1cc(-c2cc(-c3cccc(-c4cc(-c5cccc6c5c5ccccc5n6-c5ccccc5)ccn4)c3)nc(-c3ccccc3O)c2)cc(C(C)(C)C)c1. The number of phenolic OH excluding ortho intramolecular Hbond substituents is 1. The lowest BCUT2D eigenvalue weighted by Gasteiger charge is -2.26. The van der Waals surface area contributed by atoms with Crippen LogP contribution in [0.2, 0.25) is 0 Å². The van der Waals surface area contributed by atoms with Gasteiger partial charge in [0.15, 0.2) is 0 Å². The Morgan fingerprint density at radius 3 is 1.78 bits per heavy atom. The van der Waals surface area contributed by atoms with Gasteiger partial charge in [-0.3, -0.25) is 4.98 Å². The van der Waals surface area contributed by atoms with Gasteiger partial charge in [-0.15, -0.1) is 0 Å². The highest BCUT2D eigenvalue weighted by Crippen LogP contribution is 2.41. The first-order valence-electron chi connectivity index (χ1n) is 20.0. The van der Waals surface area contributed by atoms with Crippen molar-refractivity contribution in [1.82, 2.24) is 14.5 Å². The Labute approximate surface area is 341 Å². The number of aromatic hydroxyl groups is 1. The van der Waals surface area contributed by atoms with Crippen LogP contribution in [-0.2, 0) is 10.8 Å². The lowest BCUT2D eigenvalue weighted by atomic mass is 9.79. The maximum atomic E-state index is 11.0. The number of hydrogen-bond donors (Lipinski definition) is 1. The van der Waals surface area contributed by atoms with Crippen molar-refractivity contribution in [2.75, 3.05) is 0 Å². The predicted octanol–water partition coefficient (Wildman–Crippen LogP) is 14.2. The molecule has 3 aromatic heterocycles. The third-order valence-corrected chi connectivity index (χ3v) is 11.2. The molecule has 0 unspecified atom stereocenters. The molecule has 0 aliphatic rings. The molecular formula is C54H47N3O. The Hall–Kier alpha value is -6.78. The van der Waals surface area contributed by atoms with Gasteiger partial charge in [-0.05, 0) is 111 Å². The smallest absolute Gasteiger partial charge is 0.124 e. The summed E-state index contributed by atoms with van der Waals surface area (Å²) in [6, 6.07) is 57.3. The molecule has 4 heteroatoms. The van der Waals surface area contributed by atoms with Gasteiger partial charge in [0.05, 0.1) is 28.1 Å². The highest BCUT2D eigenvalue weighted by Gasteiger charge is 2.22. The third kappa shape index (κ3) is 6.85. The van der Waals surface area contributed by atoms with Crippen molar-refractivity contribution in [3.05, 3.63) is 181 Å². The van der Waals surface area contributed by atoms with Crippen molar-refractivity contribution in [3.63, 3.8) is 0 Å². The van der Waals surface area contributed by atoms with E-state index in [2.05, 4.69) is 186 Å². The fourth-order valence-electron chi connectivity index (χ4n) is 8.04. The van der Waals surface area contributed by atoms with Crippen LogP contribution in [0.1, 0.15) is 52.7 Å². The Kier molecular flexibility index (Phi) is 9.09. The molecule has 9 aromatic rings. The molecule has 0 aliphatic carbocycles. The summed E-state index contributed by atoms with van der Waals surface area (Å²) in [5, 5.41) is 13.5. The molecule has 0 saturated heterocycles. The van der Waals surface area contributed by atoms with Crippen LogP contribution in [0.3, 0.4) is 0 Å². The van der Waals surface area contributed by atoms with E-state index >= 15 is 0 Å². The molecule has 0 amide bonds. The van der Waals surface area contributed by atoms with Crippen LogP contribution in [0.4, 0.5) is 0 Å². The molecule has 0 spiro atoms. The van der Waals surface area contributed by atoms with Gasteiger partial charge in [-0.1, -0.05) is 139 Å². The van der Waals surface area contributed by atoms with Crippen LogP contribution in [0.5, 0.6) is 5.75 Å². The average Bonchev–Trinajstić information content (AvgIpc) is 3.58. The van der Waals surface area contributed by atoms with E-state index < -0.39 is 0 Å². The zero-order valence-corrected chi connectivity index (χ0v) is 34.0. The minimum absolute atomic E-state index is 0.0350. The van der Waals surface area contributed by atoms with Gasteiger partial charge in [0, 0.05) is 39.3 Å². The summed E-state index contributed by atoms with van der Waals surface area (Å²) in [6.45, 7) is 13.6. The summed E-state index contributed by atoms with van der Waals surface area (Å²) in [5.74, 6) is 0.202. The number of para-hydroxylation sites is 3. The van der Waals surface area contributed by atoms with Gasteiger partial charge in [-0.25, -0.2) is 4.98 Å². The minimum atomic E-state index is -0.0350. The fraction of sp³-hybridized carbons (Fsp3) is 0.148. The summed E-state index contributed by atoms with van der Waals surface area (Å²) < 4.78 is 2.35. The van der Waals surface area contributed by atoms with Gasteiger partial charge < -0.3 is 9.67 Å². The van der Waals surface area contributed by atoms with Gasteiger partial charge in [0.25, 0.3) is 0 Å². The van der Waals surface area contributed by atoms with Crippen molar-refractivity contribution >= 4 is 21.8 Å². The van der Waals surface area contributed by atoms with Crippen LogP contribution < -0.4 is 0 Å². The number of rotatable bonds is 6. The summed E-state index contributed by atoms with van der Waals surface area (Å²) in [6.07, 6.45) is 1.91. The monoisotopic (exact) mass is 753 g/mol. The zero-order chi connectivity index (χ0) is 40.2. The molecule has 6 aromatic carbocycles. The van der Waals surface area contributed by atoms with E-state index in [1.165, 1.54) is 32.9 Å². The highest BCUT2D eigenvalue weighted by atomic mass is 16.3. The molecule has 0 atom stereocenters. The van der Waals surface area contributed by atoms with Gasteiger partial charge in [0.2, 0.25) is 0 Å². The van der Waals surface area contributed by atoms with Gasteiger partial charge >= 0.3 is 0 Å². The highest BCUT2D eigenvalue weighted by molar-refractivity contribution is 6.15. The zero-order valence-electron chi connectivity index (χ0n) is 34.0. The first kappa shape index (κ1) is 36.8. The molecule has 0 bridgehead atoms. The largest absolute Gasteiger partial charge is 0.507 e. The number of nitrogens with zero attached hydrogens (tertiary/aromatic N) is 3. The summed E-state index contributed by atoms with van der Waals surface area (Å²) >= 11 is 0. The quantitative estimate of drug-likeness (QED) is 0.184. The molecule has 4 nitrogen and oxygen atoms in total. The number of hydrogen-bond acceptors (Lipinski definition) is 3. The first-order chi connectivity index (χ1) is 27.9. The second-order valence-electron chi connectivity index (χ2n) is 17.3. The normalized spacial score (nSPS) is 12.0. The maximum Gasteiger partial charge on any atom is 0.124 e. The fourth-order valence-corrected chi connectivity index (χ4v) is 8.04. The Balaban J connectivity index is 1.18. The molecule has 0 saturated carbocycles. The number of benzene rings is 6. The second kappa shape index (κ2) is 14.3. The maximum absolute atomic E-state index is 11.0. The molecule has 0 aliphatic heterocycles. The minimum Gasteiger partial charge on any atom is -0.507 e. The Bertz CT molecular complexity index is 2950. The van der Waals surface area contributed by atoms with Gasteiger partial charge in [0.1, 0.15) is 5.75 Å². The first-order valence-corrected chi connectivity index (χ1v) is 20.0. The molecule has 0 radical (unpaired) electrons. The van der Waals surface area contributed by atoms with Crippen molar-refractivity contribution in [1.29, 1.82) is 0 Å². The summed E-state index contributed by atoms with van der Waals surface area (Å²) in [5.41, 5.74) is 15.5. The summed E-state index contributed by atoms with van der Waals surface area (Å²) in [7, 11) is 0. The molecule has 58 heavy (non-hydrogen) atoms. The molecule has 3 heterocycles. The van der Waals surface area contributed by atoms with Crippen molar-refractivity contribution in [3.8, 4) is 67.5 Å². The third-order valence-electron chi connectivity index (χ3n) is 11.2. The number of aromatic nitrogens is 3. The van der Waals surface area contributed by atoms with Crippen LogP contribution in [-0.4, -0.2) is 19.6 Å². The summed E-state index contributed by atoms with van der Waals surface area (Å²) in [4.78, 5) is 10.1. The number of pyridine rings is 2. The van der Waals surface area contributed by atoms with E-state index in [1.54, 1.807) is 6.07 Å². The molecule has 284 valence electrons. The predicted molar refractivity (Wildman–Crippen MR) is 243 cm³/mol. The molecular weight excluding hydrogens is 707 g/mol. The van der Waals surface area contributed by atoms with E-state index in [0.717, 1.165) is 56.1 Å². The second-order valence-corrected chi connectivity index (χ2v) is 17.3. The van der Waals surface area contributed by atoms with Crippen LogP contribution >= 0.6 is 0 Å².